The number of esters is 1. The van der Waals surface area contributed by atoms with Crippen LogP contribution in [-0.2, 0) is 16.6 Å². The first-order valence-electron chi connectivity index (χ1n) is 15.0. The Balaban J connectivity index is 1.52. The Hall–Kier alpha value is -4.61. The van der Waals surface area contributed by atoms with Crippen LogP contribution in [0.5, 0.6) is 11.5 Å². The first kappa shape index (κ1) is 26.0. The van der Waals surface area contributed by atoms with Gasteiger partial charge in [0, 0.05) is 23.2 Å². The van der Waals surface area contributed by atoms with Gasteiger partial charge in [-0.1, -0.05) is 91.1 Å². The lowest BCUT2D eigenvalue weighted by Gasteiger charge is -2.49. The highest BCUT2D eigenvalue weighted by Gasteiger charge is 2.51. The van der Waals surface area contributed by atoms with Crippen LogP contribution in [0.25, 0.3) is 0 Å². The Morgan fingerprint density at radius 3 is 2.07 bits per heavy atom. The van der Waals surface area contributed by atoms with Crippen molar-refractivity contribution < 1.29 is 14.3 Å². The number of cyclic esters (lactones) is 1. The maximum atomic E-state index is 12.5. The lowest BCUT2D eigenvalue weighted by Crippen LogP contribution is -2.43. The summed E-state index contributed by atoms with van der Waals surface area (Å²) >= 11 is 0. The topological polar surface area (TPSA) is 38.8 Å². The first-order chi connectivity index (χ1) is 20.8. The van der Waals surface area contributed by atoms with Crippen LogP contribution in [0.4, 0.5) is 17.1 Å². The van der Waals surface area contributed by atoms with E-state index < -0.39 is 13.5 Å². The Morgan fingerprint density at radius 1 is 0.721 bits per heavy atom. The maximum Gasteiger partial charge on any atom is 0.338 e. The van der Waals surface area contributed by atoms with E-state index in [-0.39, 0.29) is 5.97 Å². The number of nitrogens with zero attached hydrogens (tertiary/aromatic N) is 1. The van der Waals surface area contributed by atoms with Crippen molar-refractivity contribution >= 4 is 36.3 Å². The molecule has 0 amide bonds. The number of carbonyl (C=O) groups is 1. The number of rotatable bonds is 2. The van der Waals surface area contributed by atoms with Gasteiger partial charge in [0.2, 0.25) is 0 Å². The maximum absolute atomic E-state index is 12.5. The lowest BCUT2D eigenvalue weighted by molar-refractivity contribution is 0.0480. The molecule has 5 aromatic carbocycles. The summed E-state index contributed by atoms with van der Waals surface area (Å²) in [6.07, 6.45) is 0.715. The third kappa shape index (κ3) is 3.71. The van der Waals surface area contributed by atoms with Crippen LogP contribution in [0.1, 0.15) is 43.7 Å². The molecule has 3 aliphatic heterocycles. The van der Waals surface area contributed by atoms with Gasteiger partial charge in [-0.25, -0.2) is 4.79 Å². The normalized spacial score (nSPS) is 15.8. The highest BCUT2D eigenvalue weighted by atomic mass is 28.3. The largest absolute Gasteiger partial charge is 0.462 e. The predicted octanol–water partition coefficient (Wildman–Crippen LogP) is 8.52. The molecular weight excluding hydrogens is 547 g/mol. The van der Waals surface area contributed by atoms with E-state index in [2.05, 4.69) is 129 Å². The zero-order valence-electron chi connectivity index (χ0n) is 24.9. The minimum Gasteiger partial charge on any atom is -0.462 e. The van der Waals surface area contributed by atoms with Gasteiger partial charge in [0.15, 0.2) is 0 Å². The van der Waals surface area contributed by atoms with Gasteiger partial charge >= 0.3 is 5.97 Å². The molecule has 3 aliphatic rings. The van der Waals surface area contributed by atoms with Crippen molar-refractivity contribution in [3.63, 3.8) is 0 Å². The number of para-hydroxylation sites is 2. The van der Waals surface area contributed by atoms with Crippen molar-refractivity contribution in [3.05, 3.63) is 142 Å². The smallest absolute Gasteiger partial charge is 0.338 e. The second kappa shape index (κ2) is 9.19. The summed E-state index contributed by atoms with van der Waals surface area (Å²) in [5.74, 6) is 1.54. The van der Waals surface area contributed by atoms with Crippen LogP contribution in [-0.4, -0.2) is 20.7 Å². The van der Waals surface area contributed by atoms with Crippen LogP contribution >= 0.6 is 0 Å². The third-order valence-electron chi connectivity index (χ3n) is 9.28. The molecular formula is C38H33NO3Si. The molecule has 0 bridgehead atoms. The Kier molecular flexibility index (Phi) is 5.57. The fourth-order valence-corrected chi connectivity index (χ4v) is 8.39. The van der Waals surface area contributed by atoms with Gasteiger partial charge in [-0.2, -0.15) is 0 Å². The van der Waals surface area contributed by atoms with Crippen molar-refractivity contribution in [2.45, 2.75) is 38.4 Å². The summed E-state index contributed by atoms with van der Waals surface area (Å²) in [6, 6.07) is 37.2. The van der Waals surface area contributed by atoms with Crippen LogP contribution in [0.3, 0.4) is 0 Å². The standard InChI is InChI=1S/C38H33NO3Si/c1-24-13-17-33-31(21-24)38(29-9-5-7-11-35(29)42-36-12-8-6-10-30(36)38)32-23-27(43(2,3)4)15-18-34(32)39(33)26-14-16-28-25(22-26)19-20-41-37(28)40/h5-18,21-23H,19-20H2,1-4H3. The second-order valence-corrected chi connectivity index (χ2v) is 18.0. The molecule has 4 nitrogen and oxygen atoms in total. The van der Waals surface area contributed by atoms with E-state index in [0.29, 0.717) is 18.6 Å². The zero-order chi connectivity index (χ0) is 29.5. The van der Waals surface area contributed by atoms with Gasteiger partial charge < -0.3 is 14.4 Å². The Labute approximate surface area is 253 Å². The number of carbonyl (C=O) groups excluding carboxylic acids is 1. The molecule has 8 rings (SSSR count). The summed E-state index contributed by atoms with van der Waals surface area (Å²) in [6.45, 7) is 9.82. The molecule has 0 unspecified atom stereocenters. The molecule has 0 N–H and O–H groups in total. The van der Waals surface area contributed by atoms with E-state index >= 15 is 0 Å². The SMILES string of the molecule is Cc1ccc2c(c1)C1(c3ccccc3Oc3ccccc31)c1cc([Si](C)(C)C)ccc1N2c1ccc2c(c1)CCOC2=O. The minimum atomic E-state index is -1.69. The van der Waals surface area contributed by atoms with E-state index in [1.807, 2.05) is 6.07 Å². The molecule has 5 aromatic rings. The van der Waals surface area contributed by atoms with Gasteiger partial charge in [-0.3, -0.25) is 0 Å². The molecule has 0 atom stereocenters. The number of hydrogen-bond donors (Lipinski definition) is 0. The molecule has 212 valence electrons. The summed E-state index contributed by atoms with van der Waals surface area (Å²) in [7, 11) is -1.69. The highest BCUT2D eigenvalue weighted by molar-refractivity contribution is 6.88. The lowest BCUT2D eigenvalue weighted by atomic mass is 9.61. The van der Waals surface area contributed by atoms with Gasteiger partial charge in [-0.05, 0) is 66.1 Å². The van der Waals surface area contributed by atoms with Crippen molar-refractivity contribution in [3.8, 4) is 11.5 Å². The molecule has 0 fully saturated rings. The van der Waals surface area contributed by atoms with Crippen molar-refractivity contribution in [2.24, 2.45) is 0 Å². The minimum absolute atomic E-state index is 0.239. The Bertz CT molecular complexity index is 1930. The zero-order valence-corrected chi connectivity index (χ0v) is 25.9. The second-order valence-electron chi connectivity index (χ2n) is 12.9. The van der Waals surface area contributed by atoms with E-state index in [1.165, 1.54) is 21.9 Å². The van der Waals surface area contributed by atoms with Crippen LogP contribution in [0, 0.1) is 6.92 Å². The average Bonchev–Trinajstić information content (AvgIpc) is 3.00. The molecule has 43 heavy (non-hydrogen) atoms. The fraction of sp³-hybridized carbons (Fsp3) is 0.184. The molecule has 5 heteroatoms. The molecule has 0 aliphatic carbocycles. The van der Waals surface area contributed by atoms with Crippen molar-refractivity contribution in [1.82, 2.24) is 0 Å². The number of benzene rings is 5. The van der Waals surface area contributed by atoms with Gasteiger partial charge in [-0.15, -0.1) is 0 Å². The number of hydrogen-bond acceptors (Lipinski definition) is 4. The molecule has 3 heterocycles. The molecule has 1 spiro atoms. The van der Waals surface area contributed by atoms with Crippen molar-refractivity contribution in [2.75, 3.05) is 11.5 Å². The number of fused-ring (bicyclic) bond motifs is 9. The third-order valence-corrected chi connectivity index (χ3v) is 11.3. The van der Waals surface area contributed by atoms with Crippen molar-refractivity contribution in [1.29, 1.82) is 0 Å². The summed E-state index contributed by atoms with van der Waals surface area (Å²) in [5, 5.41) is 1.41. The highest BCUT2D eigenvalue weighted by Crippen LogP contribution is 2.62. The molecule has 0 saturated heterocycles. The quantitative estimate of drug-likeness (QED) is 0.152. The van der Waals surface area contributed by atoms with E-state index in [9.17, 15) is 4.79 Å². The van der Waals surface area contributed by atoms with E-state index in [1.54, 1.807) is 0 Å². The number of aryl methyl sites for hydroxylation is 1. The predicted molar refractivity (Wildman–Crippen MR) is 175 cm³/mol. The van der Waals surface area contributed by atoms with Crippen LogP contribution in [0.2, 0.25) is 19.6 Å². The fourth-order valence-electron chi connectivity index (χ4n) is 7.23. The van der Waals surface area contributed by atoms with Crippen LogP contribution < -0.4 is 14.8 Å². The number of ether oxygens (including phenoxy) is 2. The van der Waals surface area contributed by atoms with Gasteiger partial charge in [0.1, 0.15) is 11.5 Å². The molecule has 0 saturated carbocycles. The van der Waals surface area contributed by atoms with E-state index in [0.717, 1.165) is 45.3 Å². The van der Waals surface area contributed by atoms with Gasteiger partial charge in [0.25, 0.3) is 0 Å². The van der Waals surface area contributed by atoms with Crippen LogP contribution in [0.15, 0.2) is 103 Å². The summed E-state index contributed by atoms with van der Waals surface area (Å²) in [4.78, 5) is 14.9. The first-order valence-corrected chi connectivity index (χ1v) is 18.5. The monoisotopic (exact) mass is 579 g/mol. The summed E-state index contributed by atoms with van der Waals surface area (Å²) in [5.41, 5.74) is 10.4. The van der Waals surface area contributed by atoms with E-state index in [4.69, 9.17) is 9.47 Å². The molecule has 0 aromatic heterocycles. The Morgan fingerprint density at radius 2 is 1.37 bits per heavy atom. The summed E-state index contributed by atoms with van der Waals surface area (Å²) < 4.78 is 11.9. The van der Waals surface area contributed by atoms with Gasteiger partial charge in [0.05, 0.1) is 37.0 Å². The molecule has 0 radical (unpaired) electrons. The number of anilines is 3. The average molecular weight is 580 g/mol.